The lowest BCUT2D eigenvalue weighted by atomic mass is 9.98. The first-order valence-corrected chi connectivity index (χ1v) is 12.7. The van der Waals surface area contributed by atoms with Crippen LogP contribution >= 0.6 is 0 Å². The summed E-state index contributed by atoms with van der Waals surface area (Å²) in [5.74, 6) is -0.417. The Balaban J connectivity index is 1.33. The van der Waals surface area contributed by atoms with Gasteiger partial charge in [-0.25, -0.2) is 21.9 Å². The Morgan fingerprint density at radius 2 is 1.81 bits per heavy atom. The fourth-order valence-corrected chi connectivity index (χ4v) is 6.28. The number of ether oxygens (including phenoxy) is 1. The van der Waals surface area contributed by atoms with Gasteiger partial charge >= 0.3 is 0 Å². The molecule has 2 aliphatic rings. The lowest BCUT2D eigenvalue weighted by Crippen LogP contribution is -2.51. The zero-order valence-corrected chi connectivity index (χ0v) is 19.2. The number of benzene rings is 2. The predicted molar refractivity (Wildman–Crippen MR) is 119 cm³/mol. The first kappa shape index (κ1) is 23.1. The fraction of sp³-hybridized carbons (Fsp3) is 0.500. The Morgan fingerprint density at radius 1 is 1.09 bits per heavy atom. The number of piperidine rings is 1. The van der Waals surface area contributed by atoms with Crippen LogP contribution in [0.25, 0.3) is 0 Å². The maximum atomic E-state index is 14.0. The molecule has 0 aromatic heterocycles. The number of nitrogens with one attached hydrogen (secondary N) is 1. The van der Waals surface area contributed by atoms with Gasteiger partial charge < -0.3 is 4.74 Å². The lowest BCUT2D eigenvalue weighted by Gasteiger charge is -2.39. The average Bonchev–Trinajstić information content (AvgIpc) is 2.98. The van der Waals surface area contributed by atoms with E-state index in [-0.39, 0.29) is 18.1 Å². The molecule has 32 heavy (non-hydrogen) atoms. The van der Waals surface area contributed by atoms with Crippen LogP contribution in [0.4, 0.5) is 8.78 Å². The SMILES string of the molecule is CC(C)c1cccc(OCCN2C3CCC2CC(NS(=O)(=O)c2cc(F)ccc2F)C3)c1. The van der Waals surface area contributed by atoms with Crippen molar-refractivity contribution in [2.24, 2.45) is 0 Å². The van der Waals surface area contributed by atoms with E-state index in [9.17, 15) is 17.2 Å². The summed E-state index contributed by atoms with van der Waals surface area (Å²) < 4.78 is 61.3. The zero-order valence-electron chi connectivity index (χ0n) is 18.4. The van der Waals surface area contributed by atoms with Gasteiger partial charge in [0.1, 0.15) is 28.9 Å². The van der Waals surface area contributed by atoms with E-state index in [1.807, 2.05) is 12.1 Å². The molecule has 8 heteroatoms. The predicted octanol–water partition coefficient (Wildman–Crippen LogP) is 4.44. The molecular formula is C24H30F2N2O3S. The topological polar surface area (TPSA) is 58.6 Å². The van der Waals surface area contributed by atoms with Gasteiger partial charge in [-0.15, -0.1) is 0 Å². The minimum absolute atomic E-state index is 0.254. The second-order valence-corrected chi connectivity index (χ2v) is 10.7. The molecule has 2 bridgehead atoms. The second-order valence-electron chi connectivity index (χ2n) is 9.06. The molecule has 1 N–H and O–H groups in total. The number of sulfonamides is 1. The Labute approximate surface area is 188 Å². The van der Waals surface area contributed by atoms with Crippen molar-refractivity contribution in [1.82, 2.24) is 9.62 Å². The zero-order chi connectivity index (χ0) is 22.9. The third kappa shape index (κ3) is 5.13. The van der Waals surface area contributed by atoms with Crippen molar-refractivity contribution in [3.63, 3.8) is 0 Å². The number of halogens is 2. The van der Waals surface area contributed by atoms with Crippen molar-refractivity contribution in [3.8, 4) is 5.75 Å². The lowest BCUT2D eigenvalue weighted by molar-refractivity contribution is 0.103. The van der Waals surface area contributed by atoms with Crippen LogP contribution in [0.15, 0.2) is 47.4 Å². The van der Waals surface area contributed by atoms with Crippen molar-refractivity contribution < 1.29 is 21.9 Å². The first-order chi connectivity index (χ1) is 15.2. The molecule has 174 valence electrons. The third-order valence-corrected chi connectivity index (χ3v) is 8.07. The molecule has 2 fully saturated rings. The molecule has 2 unspecified atom stereocenters. The van der Waals surface area contributed by atoms with E-state index in [1.165, 1.54) is 5.56 Å². The van der Waals surface area contributed by atoms with Crippen molar-refractivity contribution in [2.45, 2.75) is 68.5 Å². The second kappa shape index (κ2) is 9.45. The number of fused-ring (bicyclic) bond motifs is 2. The van der Waals surface area contributed by atoms with E-state index >= 15 is 0 Å². The van der Waals surface area contributed by atoms with E-state index in [1.54, 1.807) is 0 Å². The van der Waals surface area contributed by atoms with E-state index in [2.05, 4.69) is 35.6 Å². The molecule has 0 saturated carbocycles. The molecule has 5 nitrogen and oxygen atoms in total. The van der Waals surface area contributed by atoms with E-state index < -0.39 is 26.6 Å². The quantitative estimate of drug-likeness (QED) is 0.628. The highest BCUT2D eigenvalue weighted by Crippen LogP contribution is 2.36. The highest BCUT2D eigenvalue weighted by molar-refractivity contribution is 7.89. The van der Waals surface area contributed by atoms with Crippen molar-refractivity contribution >= 4 is 10.0 Å². The summed E-state index contributed by atoms with van der Waals surface area (Å²) >= 11 is 0. The first-order valence-electron chi connectivity index (χ1n) is 11.2. The standard InChI is InChI=1S/C24H30F2N2O3S/c1-16(2)17-4-3-5-22(12-17)31-11-10-28-20-7-8-21(28)15-19(14-20)27-32(29,30)24-13-18(25)6-9-23(24)26/h3-6,9,12-13,16,19-21,27H,7-8,10-11,14-15H2,1-2H3. The van der Waals surface area contributed by atoms with Gasteiger partial charge in [0, 0.05) is 24.7 Å². The molecule has 2 aromatic carbocycles. The number of hydrogen-bond acceptors (Lipinski definition) is 4. The van der Waals surface area contributed by atoms with Crippen LogP contribution in [0.2, 0.25) is 0 Å². The molecule has 2 aromatic rings. The van der Waals surface area contributed by atoms with E-state index in [0.29, 0.717) is 25.4 Å². The van der Waals surface area contributed by atoms with Crippen LogP contribution < -0.4 is 9.46 Å². The summed E-state index contributed by atoms with van der Waals surface area (Å²) in [5, 5.41) is 0. The molecule has 0 radical (unpaired) electrons. The van der Waals surface area contributed by atoms with Gasteiger partial charge in [-0.3, -0.25) is 4.90 Å². The monoisotopic (exact) mass is 464 g/mol. The van der Waals surface area contributed by atoms with Crippen molar-refractivity contribution in [1.29, 1.82) is 0 Å². The number of rotatable bonds is 8. The smallest absolute Gasteiger partial charge is 0.243 e. The maximum Gasteiger partial charge on any atom is 0.243 e. The van der Waals surface area contributed by atoms with Crippen LogP contribution in [0.1, 0.15) is 51.0 Å². The molecular weight excluding hydrogens is 434 g/mol. The summed E-state index contributed by atoms with van der Waals surface area (Å²) in [6.45, 7) is 5.65. The molecule has 2 atom stereocenters. The molecule has 0 amide bonds. The van der Waals surface area contributed by atoms with Gasteiger partial charge in [-0.2, -0.15) is 0 Å². The highest BCUT2D eigenvalue weighted by atomic mass is 32.2. The summed E-state index contributed by atoms with van der Waals surface area (Å²) in [6, 6.07) is 10.8. The normalized spacial score (nSPS) is 23.6. The van der Waals surface area contributed by atoms with Crippen LogP contribution in [-0.4, -0.2) is 44.6 Å². The number of hydrogen-bond donors (Lipinski definition) is 1. The third-order valence-electron chi connectivity index (χ3n) is 6.53. The summed E-state index contributed by atoms with van der Waals surface area (Å²) in [6.07, 6.45) is 3.30. The summed E-state index contributed by atoms with van der Waals surface area (Å²) in [5.41, 5.74) is 1.24. The Hall–Kier alpha value is -2.03. The van der Waals surface area contributed by atoms with Gasteiger partial charge in [0.25, 0.3) is 0 Å². The van der Waals surface area contributed by atoms with Gasteiger partial charge in [0.15, 0.2) is 0 Å². The largest absolute Gasteiger partial charge is 0.492 e. The van der Waals surface area contributed by atoms with Crippen LogP contribution in [0.3, 0.4) is 0 Å². The maximum absolute atomic E-state index is 14.0. The summed E-state index contributed by atoms with van der Waals surface area (Å²) in [4.78, 5) is 1.77. The van der Waals surface area contributed by atoms with Gasteiger partial charge in [-0.1, -0.05) is 26.0 Å². The van der Waals surface area contributed by atoms with Gasteiger partial charge in [-0.05, 0) is 67.5 Å². The Morgan fingerprint density at radius 3 is 2.50 bits per heavy atom. The number of nitrogens with zero attached hydrogens (tertiary/aromatic N) is 1. The molecule has 2 aliphatic heterocycles. The Kier molecular flexibility index (Phi) is 6.83. The van der Waals surface area contributed by atoms with Gasteiger partial charge in [0.05, 0.1) is 0 Å². The van der Waals surface area contributed by atoms with Crippen LogP contribution in [0, 0.1) is 11.6 Å². The van der Waals surface area contributed by atoms with Crippen molar-refractivity contribution in [3.05, 3.63) is 59.7 Å². The molecule has 4 rings (SSSR count). The minimum Gasteiger partial charge on any atom is -0.492 e. The van der Waals surface area contributed by atoms with E-state index in [4.69, 9.17) is 4.74 Å². The average molecular weight is 465 g/mol. The minimum atomic E-state index is -4.12. The molecule has 2 heterocycles. The fourth-order valence-electron chi connectivity index (χ4n) is 4.93. The van der Waals surface area contributed by atoms with E-state index in [0.717, 1.165) is 43.3 Å². The van der Waals surface area contributed by atoms with Crippen molar-refractivity contribution in [2.75, 3.05) is 13.2 Å². The Bertz CT molecular complexity index is 1050. The van der Waals surface area contributed by atoms with Crippen LogP contribution in [0.5, 0.6) is 5.75 Å². The molecule has 0 spiro atoms. The molecule has 0 aliphatic carbocycles. The van der Waals surface area contributed by atoms with Crippen LogP contribution in [-0.2, 0) is 10.0 Å². The highest BCUT2D eigenvalue weighted by Gasteiger charge is 2.41. The molecule has 2 saturated heterocycles. The van der Waals surface area contributed by atoms with Gasteiger partial charge in [0.2, 0.25) is 10.0 Å². The summed E-state index contributed by atoms with van der Waals surface area (Å²) in [7, 11) is -4.12.